The van der Waals surface area contributed by atoms with Gasteiger partial charge in [-0.25, -0.2) is 9.67 Å². The predicted molar refractivity (Wildman–Crippen MR) is 81.7 cm³/mol. The van der Waals surface area contributed by atoms with Crippen molar-refractivity contribution in [2.75, 3.05) is 19.7 Å². The first-order chi connectivity index (χ1) is 10.0. The number of rotatable bonds is 6. The van der Waals surface area contributed by atoms with Crippen molar-refractivity contribution in [3.8, 4) is 0 Å². The zero-order chi connectivity index (χ0) is 15.4. The molecule has 2 atom stereocenters. The normalized spacial score (nSPS) is 22.1. The van der Waals surface area contributed by atoms with Gasteiger partial charge in [-0.05, 0) is 27.7 Å². The lowest BCUT2D eigenvalue weighted by molar-refractivity contribution is -0.0556. The van der Waals surface area contributed by atoms with Crippen LogP contribution in [0.25, 0.3) is 0 Å². The standard InChI is InChI=1S/C14H28N6O/c1-10(2)19-5-6-21-13(8-19)12(18-15)7-14-16-9-17-20(14)11(3)4/h9-13,18H,5-8,15H2,1-4H3. The van der Waals surface area contributed by atoms with Crippen LogP contribution >= 0.6 is 0 Å². The third kappa shape index (κ3) is 4.00. The molecule has 1 aromatic heterocycles. The van der Waals surface area contributed by atoms with Crippen LogP contribution in [0, 0.1) is 0 Å². The molecule has 0 aliphatic carbocycles. The molecule has 1 saturated heterocycles. The van der Waals surface area contributed by atoms with Gasteiger partial charge in [0.1, 0.15) is 12.2 Å². The number of ether oxygens (including phenoxy) is 1. The Morgan fingerprint density at radius 1 is 1.38 bits per heavy atom. The molecule has 2 unspecified atom stereocenters. The van der Waals surface area contributed by atoms with Crippen molar-refractivity contribution in [3.05, 3.63) is 12.2 Å². The summed E-state index contributed by atoms with van der Waals surface area (Å²) in [6.45, 7) is 11.2. The summed E-state index contributed by atoms with van der Waals surface area (Å²) >= 11 is 0. The van der Waals surface area contributed by atoms with Gasteiger partial charge in [0.05, 0.1) is 18.8 Å². The molecule has 120 valence electrons. The van der Waals surface area contributed by atoms with Gasteiger partial charge in [-0.1, -0.05) is 0 Å². The van der Waals surface area contributed by atoms with E-state index in [-0.39, 0.29) is 12.1 Å². The van der Waals surface area contributed by atoms with Crippen LogP contribution in [-0.4, -0.2) is 57.5 Å². The topological polar surface area (TPSA) is 81.2 Å². The Labute approximate surface area is 126 Å². The van der Waals surface area contributed by atoms with E-state index < -0.39 is 0 Å². The maximum atomic E-state index is 5.92. The second-order valence-electron chi connectivity index (χ2n) is 6.19. The minimum absolute atomic E-state index is 0.0354. The number of hydrazine groups is 1. The van der Waals surface area contributed by atoms with Crippen LogP contribution in [0.4, 0.5) is 0 Å². The molecule has 0 spiro atoms. The van der Waals surface area contributed by atoms with Gasteiger partial charge in [-0.15, -0.1) is 0 Å². The van der Waals surface area contributed by atoms with Gasteiger partial charge < -0.3 is 4.74 Å². The van der Waals surface area contributed by atoms with Gasteiger partial charge in [0.25, 0.3) is 0 Å². The van der Waals surface area contributed by atoms with E-state index in [1.807, 2.05) is 4.68 Å². The fourth-order valence-corrected chi connectivity index (χ4v) is 2.75. The van der Waals surface area contributed by atoms with Crippen LogP contribution in [0.3, 0.4) is 0 Å². The van der Waals surface area contributed by atoms with Crippen molar-refractivity contribution in [2.24, 2.45) is 5.84 Å². The molecule has 0 bridgehead atoms. The lowest BCUT2D eigenvalue weighted by Gasteiger charge is -2.38. The first-order valence-corrected chi connectivity index (χ1v) is 7.73. The van der Waals surface area contributed by atoms with Crippen LogP contribution in [0.15, 0.2) is 6.33 Å². The van der Waals surface area contributed by atoms with Crippen LogP contribution in [0.5, 0.6) is 0 Å². The van der Waals surface area contributed by atoms with Gasteiger partial charge in [0.15, 0.2) is 0 Å². The van der Waals surface area contributed by atoms with E-state index in [9.17, 15) is 0 Å². The maximum Gasteiger partial charge on any atom is 0.138 e. The summed E-state index contributed by atoms with van der Waals surface area (Å²) in [5, 5.41) is 4.28. The molecule has 7 heteroatoms. The lowest BCUT2D eigenvalue weighted by Crippen LogP contribution is -2.56. The highest BCUT2D eigenvalue weighted by atomic mass is 16.5. The molecule has 7 nitrogen and oxygen atoms in total. The van der Waals surface area contributed by atoms with Crippen molar-refractivity contribution in [1.29, 1.82) is 0 Å². The Bertz CT molecular complexity index is 433. The number of nitrogens with one attached hydrogen (secondary N) is 1. The molecule has 2 heterocycles. The van der Waals surface area contributed by atoms with Crippen LogP contribution in [0.1, 0.15) is 39.6 Å². The molecule has 1 aromatic rings. The highest BCUT2D eigenvalue weighted by Crippen LogP contribution is 2.15. The average Bonchev–Trinajstić information content (AvgIpc) is 2.93. The summed E-state index contributed by atoms with van der Waals surface area (Å²) in [6, 6.07) is 0.850. The van der Waals surface area contributed by atoms with Crippen molar-refractivity contribution in [1.82, 2.24) is 25.1 Å². The molecular weight excluding hydrogens is 268 g/mol. The fourth-order valence-electron chi connectivity index (χ4n) is 2.75. The summed E-state index contributed by atoms with van der Waals surface area (Å²) in [5.41, 5.74) is 2.90. The van der Waals surface area contributed by atoms with Gasteiger partial charge in [0, 0.05) is 31.6 Å². The largest absolute Gasteiger partial charge is 0.374 e. The van der Waals surface area contributed by atoms with E-state index in [0.29, 0.717) is 18.5 Å². The van der Waals surface area contributed by atoms with Crippen molar-refractivity contribution in [3.63, 3.8) is 0 Å². The predicted octanol–water partition coefficient (Wildman–Crippen LogP) is 0.343. The Morgan fingerprint density at radius 2 is 2.14 bits per heavy atom. The van der Waals surface area contributed by atoms with E-state index in [1.165, 1.54) is 0 Å². The molecule has 1 aliphatic rings. The number of nitrogens with two attached hydrogens (primary N) is 1. The Morgan fingerprint density at radius 3 is 2.76 bits per heavy atom. The van der Waals surface area contributed by atoms with E-state index >= 15 is 0 Å². The molecule has 0 amide bonds. The Balaban J connectivity index is 2.04. The van der Waals surface area contributed by atoms with E-state index in [0.717, 1.165) is 25.5 Å². The van der Waals surface area contributed by atoms with Crippen LogP contribution in [0.2, 0.25) is 0 Å². The first kappa shape index (κ1) is 16.4. The number of hydrogen-bond acceptors (Lipinski definition) is 6. The van der Waals surface area contributed by atoms with Crippen LogP contribution in [-0.2, 0) is 11.2 Å². The van der Waals surface area contributed by atoms with Crippen molar-refractivity contribution < 1.29 is 4.74 Å². The average molecular weight is 296 g/mol. The number of aromatic nitrogens is 3. The van der Waals surface area contributed by atoms with E-state index in [4.69, 9.17) is 10.6 Å². The zero-order valence-corrected chi connectivity index (χ0v) is 13.5. The second-order valence-corrected chi connectivity index (χ2v) is 6.19. The summed E-state index contributed by atoms with van der Waals surface area (Å²) < 4.78 is 7.86. The SMILES string of the molecule is CC(C)N1CCOC(C(Cc2ncnn2C(C)C)NN)C1. The minimum Gasteiger partial charge on any atom is -0.374 e. The summed E-state index contributed by atoms with van der Waals surface area (Å²) in [6.07, 6.45) is 2.39. The first-order valence-electron chi connectivity index (χ1n) is 7.73. The molecule has 0 aromatic carbocycles. The zero-order valence-electron chi connectivity index (χ0n) is 13.5. The molecule has 3 N–H and O–H groups in total. The maximum absolute atomic E-state index is 5.92. The smallest absolute Gasteiger partial charge is 0.138 e. The highest BCUT2D eigenvalue weighted by molar-refractivity contribution is 4.95. The molecule has 1 fully saturated rings. The molecule has 0 saturated carbocycles. The van der Waals surface area contributed by atoms with Gasteiger partial charge in [-0.2, -0.15) is 5.10 Å². The molecule has 0 radical (unpaired) electrons. The molecular formula is C14H28N6O. The third-order valence-electron chi connectivity index (χ3n) is 4.06. The van der Waals surface area contributed by atoms with E-state index in [2.05, 4.69) is 48.1 Å². The summed E-state index contributed by atoms with van der Waals surface area (Å²) in [7, 11) is 0. The van der Waals surface area contributed by atoms with Crippen LogP contribution < -0.4 is 11.3 Å². The summed E-state index contributed by atoms with van der Waals surface area (Å²) in [5.74, 6) is 6.70. The van der Waals surface area contributed by atoms with Gasteiger partial charge >= 0.3 is 0 Å². The number of hydrogen-bond donors (Lipinski definition) is 2. The van der Waals surface area contributed by atoms with Gasteiger partial charge in [0.2, 0.25) is 0 Å². The molecule has 2 rings (SSSR count). The molecule has 1 aliphatic heterocycles. The number of morpholine rings is 1. The second kappa shape index (κ2) is 7.31. The Hall–Kier alpha value is -1.02. The Kier molecular flexibility index (Phi) is 5.69. The molecule has 21 heavy (non-hydrogen) atoms. The van der Waals surface area contributed by atoms with Crippen molar-refractivity contribution in [2.45, 2.75) is 58.3 Å². The highest BCUT2D eigenvalue weighted by Gasteiger charge is 2.30. The van der Waals surface area contributed by atoms with Crippen molar-refractivity contribution >= 4 is 0 Å². The fraction of sp³-hybridized carbons (Fsp3) is 0.857. The third-order valence-corrected chi connectivity index (χ3v) is 4.06. The monoisotopic (exact) mass is 296 g/mol. The quantitative estimate of drug-likeness (QED) is 0.582. The number of nitrogens with zero attached hydrogens (tertiary/aromatic N) is 4. The summed E-state index contributed by atoms with van der Waals surface area (Å²) in [4.78, 5) is 6.78. The minimum atomic E-state index is 0.0354. The van der Waals surface area contributed by atoms with E-state index in [1.54, 1.807) is 6.33 Å². The lowest BCUT2D eigenvalue weighted by atomic mass is 10.0. The van der Waals surface area contributed by atoms with Gasteiger partial charge in [-0.3, -0.25) is 16.2 Å².